The molecule has 3 aromatic rings. The number of hydrogen-bond donors (Lipinski definition) is 0. The van der Waals surface area contributed by atoms with Crippen molar-refractivity contribution < 1.29 is 4.74 Å². The molecular formula is C16H15N3O. The second-order valence-electron chi connectivity index (χ2n) is 5.19. The van der Waals surface area contributed by atoms with Crippen molar-refractivity contribution in [2.45, 2.75) is 25.9 Å². The lowest BCUT2D eigenvalue weighted by atomic mass is 10.1. The minimum Gasteiger partial charge on any atom is -0.467 e. The zero-order valence-corrected chi connectivity index (χ0v) is 11.3. The van der Waals surface area contributed by atoms with Crippen LogP contribution in [0.5, 0.6) is 5.88 Å². The fourth-order valence-electron chi connectivity index (χ4n) is 2.88. The smallest absolute Gasteiger partial charge is 0.258 e. The van der Waals surface area contributed by atoms with Crippen LogP contribution in [0.3, 0.4) is 0 Å². The molecule has 1 atom stereocenters. The third kappa shape index (κ3) is 1.76. The van der Waals surface area contributed by atoms with Gasteiger partial charge in [0.25, 0.3) is 5.88 Å². The SMILES string of the molecule is Cc1cn2ccnc(OC3CCc4ccccc43)c2n1. The molecule has 0 bridgehead atoms. The van der Waals surface area contributed by atoms with Crippen molar-refractivity contribution in [2.75, 3.05) is 0 Å². The quantitative estimate of drug-likeness (QED) is 0.714. The molecule has 20 heavy (non-hydrogen) atoms. The summed E-state index contributed by atoms with van der Waals surface area (Å²) in [7, 11) is 0. The summed E-state index contributed by atoms with van der Waals surface area (Å²) in [6.07, 6.45) is 7.78. The van der Waals surface area contributed by atoms with Crippen molar-refractivity contribution in [2.24, 2.45) is 0 Å². The van der Waals surface area contributed by atoms with Gasteiger partial charge in [0.05, 0.1) is 5.69 Å². The highest BCUT2D eigenvalue weighted by Crippen LogP contribution is 2.35. The molecule has 1 aliphatic carbocycles. The number of aromatic nitrogens is 3. The van der Waals surface area contributed by atoms with Gasteiger partial charge in [0.2, 0.25) is 5.65 Å². The molecule has 2 heterocycles. The Kier molecular flexibility index (Phi) is 2.49. The van der Waals surface area contributed by atoms with Gasteiger partial charge in [-0.1, -0.05) is 24.3 Å². The monoisotopic (exact) mass is 265 g/mol. The van der Waals surface area contributed by atoms with Crippen LogP contribution in [0, 0.1) is 6.92 Å². The van der Waals surface area contributed by atoms with Gasteiger partial charge in [-0.3, -0.25) is 0 Å². The molecule has 4 rings (SSSR count). The molecule has 0 saturated carbocycles. The zero-order valence-electron chi connectivity index (χ0n) is 11.3. The van der Waals surface area contributed by atoms with Gasteiger partial charge in [-0.05, 0) is 30.9 Å². The van der Waals surface area contributed by atoms with Gasteiger partial charge in [0.15, 0.2) is 0 Å². The first-order valence-corrected chi connectivity index (χ1v) is 6.86. The summed E-state index contributed by atoms with van der Waals surface area (Å²) in [6, 6.07) is 8.46. The Morgan fingerprint density at radius 3 is 3.15 bits per heavy atom. The molecule has 0 radical (unpaired) electrons. The standard InChI is InChI=1S/C16H15N3O/c1-11-10-19-9-8-17-16(15(19)18-11)20-14-7-6-12-4-2-3-5-13(12)14/h2-5,8-10,14H,6-7H2,1H3. The van der Waals surface area contributed by atoms with Gasteiger partial charge >= 0.3 is 0 Å². The second-order valence-corrected chi connectivity index (χ2v) is 5.19. The first kappa shape index (κ1) is 11.5. The lowest BCUT2D eigenvalue weighted by Crippen LogP contribution is -2.06. The van der Waals surface area contributed by atoms with Crippen LogP contribution in [0.2, 0.25) is 0 Å². The number of ether oxygens (including phenoxy) is 1. The molecule has 4 nitrogen and oxygen atoms in total. The lowest BCUT2D eigenvalue weighted by molar-refractivity contribution is 0.200. The van der Waals surface area contributed by atoms with Crippen LogP contribution in [0.1, 0.15) is 29.3 Å². The second kappa shape index (κ2) is 4.34. The fourth-order valence-corrected chi connectivity index (χ4v) is 2.88. The first-order valence-electron chi connectivity index (χ1n) is 6.86. The molecule has 0 N–H and O–H groups in total. The van der Waals surface area contributed by atoms with E-state index in [4.69, 9.17) is 4.74 Å². The van der Waals surface area contributed by atoms with E-state index in [-0.39, 0.29) is 6.10 Å². The Labute approximate surface area is 117 Å². The molecule has 0 spiro atoms. The molecule has 1 unspecified atom stereocenters. The maximum atomic E-state index is 6.13. The molecule has 4 heteroatoms. The summed E-state index contributed by atoms with van der Waals surface area (Å²) in [4.78, 5) is 8.84. The maximum Gasteiger partial charge on any atom is 0.258 e. The Bertz CT molecular complexity index is 778. The average Bonchev–Trinajstić information content (AvgIpc) is 3.03. The Morgan fingerprint density at radius 1 is 1.30 bits per heavy atom. The number of imidazole rings is 1. The van der Waals surface area contributed by atoms with Crippen molar-refractivity contribution >= 4 is 5.65 Å². The highest BCUT2D eigenvalue weighted by atomic mass is 16.5. The Hall–Kier alpha value is -2.36. The summed E-state index contributed by atoms with van der Waals surface area (Å²) in [6.45, 7) is 1.97. The van der Waals surface area contributed by atoms with E-state index < -0.39 is 0 Å². The summed E-state index contributed by atoms with van der Waals surface area (Å²) in [5, 5.41) is 0. The zero-order chi connectivity index (χ0) is 13.5. The molecule has 1 aromatic carbocycles. The molecule has 0 saturated heterocycles. The molecule has 1 aliphatic rings. The number of hydrogen-bond acceptors (Lipinski definition) is 3. The summed E-state index contributed by atoms with van der Waals surface area (Å²) >= 11 is 0. The molecule has 2 aromatic heterocycles. The van der Waals surface area contributed by atoms with Crippen molar-refractivity contribution in [3.8, 4) is 5.88 Å². The van der Waals surface area contributed by atoms with Crippen LogP contribution in [-0.4, -0.2) is 14.4 Å². The van der Waals surface area contributed by atoms with Crippen molar-refractivity contribution in [3.05, 3.63) is 59.7 Å². The van der Waals surface area contributed by atoms with E-state index in [0.717, 1.165) is 24.2 Å². The normalized spacial score (nSPS) is 17.4. The van der Waals surface area contributed by atoms with Gasteiger partial charge in [0, 0.05) is 18.6 Å². The van der Waals surface area contributed by atoms with Gasteiger partial charge in [-0.25, -0.2) is 9.97 Å². The van der Waals surface area contributed by atoms with Crippen LogP contribution in [0.15, 0.2) is 42.9 Å². The average molecular weight is 265 g/mol. The highest BCUT2D eigenvalue weighted by Gasteiger charge is 2.24. The number of rotatable bonds is 2. The van der Waals surface area contributed by atoms with Crippen LogP contribution in [0.25, 0.3) is 5.65 Å². The predicted octanol–water partition coefficient (Wildman–Crippen LogP) is 3.10. The predicted molar refractivity (Wildman–Crippen MR) is 75.9 cm³/mol. The molecule has 0 fully saturated rings. The number of benzene rings is 1. The van der Waals surface area contributed by atoms with E-state index in [0.29, 0.717) is 5.88 Å². The largest absolute Gasteiger partial charge is 0.467 e. The van der Waals surface area contributed by atoms with E-state index >= 15 is 0 Å². The van der Waals surface area contributed by atoms with Crippen LogP contribution < -0.4 is 4.74 Å². The molecular weight excluding hydrogens is 250 g/mol. The Morgan fingerprint density at radius 2 is 2.20 bits per heavy atom. The summed E-state index contributed by atoms with van der Waals surface area (Å²) < 4.78 is 8.09. The summed E-state index contributed by atoms with van der Waals surface area (Å²) in [5.41, 5.74) is 4.41. The third-order valence-electron chi connectivity index (χ3n) is 3.79. The first-order chi connectivity index (χ1) is 9.81. The minimum atomic E-state index is 0.0851. The number of fused-ring (bicyclic) bond motifs is 2. The topological polar surface area (TPSA) is 39.4 Å². The van der Waals surface area contributed by atoms with Gasteiger partial charge in [0.1, 0.15) is 6.10 Å². The number of nitrogens with zero attached hydrogens (tertiary/aromatic N) is 3. The van der Waals surface area contributed by atoms with E-state index in [9.17, 15) is 0 Å². The molecule has 0 aliphatic heterocycles. The summed E-state index contributed by atoms with van der Waals surface area (Å²) in [5.74, 6) is 0.613. The van der Waals surface area contributed by atoms with Gasteiger partial charge in [-0.15, -0.1) is 0 Å². The van der Waals surface area contributed by atoms with Crippen LogP contribution in [0.4, 0.5) is 0 Å². The Balaban J connectivity index is 1.72. The van der Waals surface area contributed by atoms with Crippen molar-refractivity contribution in [1.82, 2.24) is 14.4 Å². The van der Waals surface area contributed by atoms with E-state index in [1.165, 1.54) is 11.1 Å². The minimum absolute atomic E-state index is 0.0851. The van der Waals surface area contributed by atoms with Crippen LogP contribution in [-0.2, 0) is 6.42 Å². The molecule has 100 valence electrons. The maximum absolute atomic E-state index is 6.13. The van der Waals surface area contributed by atoms with E-state index in [1.807, 2.05) is 23.7 Å². The van der Waals surface area contributed by atoms with Crippen molar-refractivity contribution in [3.63, 3.8) is 0 Å². The van der Waals surface area contributed by atoms with Gasteiger partial charge in [-0.2, -0.15) is 0 Å². The lowest BCUT2D eigenvalue weighted by Gasteiger charge is -2.14. The highest BCUT2D eigenvalue weighted by molar-refractivity contribution is 5.50. The van der Waals surface area contributed by atoms with E-state index in [2.05, 4.69) is 34.2 Å². The molecule has 0 amide bonds. The van der Waals surface area contributed by atoms with Gasteiger partial charge < -0.3 is 9.14 Å². The van der Waals surface area contributed by atoms with Crippen LogP contribution >= 0.6 is 0 Å². The van der Waals surface area contributed by atoms with Crippen molar-refractivity contribution in [1.29, 1.82) is 0 Å². The van der Waals surface area contributed by atoms with E-state index in [1.54, 1.807) is 6.20 Å². The fraction of sp³-hybridized carbons (Fsp3) is 0.250. The third-order valence-corrected chi connectivity index (χ3v) is 3.79. The number of aryl methyl sites for hydroxylation is 2.